The molecule has 0 heterocycles. The Morgan fingerprint density at radius 2 is 2.38 bits per heavy atom. The normalized spacial score (nSPS) is 7.62. The molecule has 3 heteroatoms. The van der Waals surface area contributed by atoms with Gasteiger partial charge in [0.15, 0.2) is 0 Å². The lowest BCUT2D eigenvalue weighted by Gasteiger charge is -1.92. The number of carbonyl (C=O) groups excluding carboxylic acids is 1. The van der Waals surface area contributed by atoms with E-state index in [-0.39, 0.29) is 5.57 Å². The molecule has 0 aromatic carbocycles. The zero-order chi connectivity index (χ0) is 6.57. The van der Waals surface area contributed by atoms with Crippen molar-refractivity contribution in [2.45, 2.75) is 0 Å². The minimum atomic E-state index is -0.556. The third-order valence-electron chi connectivity index (χ3n) is 0.622. The van der Waals surface area contributed by atoms with Crippen molar-refractivity contribution in [2.24, 2.45) is 0 Å². The van der Waals surface area contributed by atoms with E-state index in [0.717, 1.165) is 6.21 Å². The molecular formula is C5H7NO2. The second-order valence-electron chi connectivity index (χ2n) is 1.16. The van der Waals surface area contributed by atoms with Gasteiger partial charge < -0.3 is 10.1 Å². The third-order valence-corrected chi connectivity index (χ3v) is 0.622. The Morgan fingerprint density at radius 1 is 1.88 bits per heavy atom. The standard InChI is InChI=1S/C5H7NO2/c1-4(3-6)5(7)8-2/h3,6H,1H2,2H3. The Morgan fingerprint density at radius 3 is 2.50 bits per heavy atom. The number of hydrogen-bond acceptors (Lipinski definition) is 3. The molecule has 44 valence electrons. The van der Waals surface area contributed by atoms with Gasteiger partial charge in [0.05, 0.1) is 12.7 Å². The van der Waals surface area contributed by atoms with Crippen LogP contribution in [0.1, 0.15) is 0 Å². The third kappa shape index (κ3) is 1.55. The van der Waals surface area contributed by atoms with Crippen LogP contribution in [0.5, 0.6) is 0 Å². The number of hydrogen-bond donors (Lipinski definition) is 1. The topological polar surface area (TPSA) is 50.2 Å². The molecule has 0 radical (unpaired) electrons. The summed E-state index contributed by atoms with van der Waals surface area (Å²) in [5, 5.41) is 6.52. The smallest absolute Gasteiger partial charge is 0.338 e. The second kappa shape index (κ2) is 2.96. The molecule has 0 aromatic rings. The fourth-order valence-electron chi connectivity index (χ4n) is 0.190. The van der Waals surface area contributed by atoms with E-state index >= 15 is 0 Å². The highest BCUT2D eigenvalue weighted by molar-refractivity contribution is 6.07. The Labute approximate surface area is 47.5 Å². The summed E-state index contributed by atoms with van der Waals surface area (Å²) in [5.74, 6) is -0.556. The number of ether oxygens (including phenoxy) is 1. The lowest BCUT2D eigenvalue weighted by atomic mass is 10.3. The van der Waals surface area contributed by atoms with E-state index in [0.29, 0.717) is 0 Å². The van der Waals surface area contributed by atoms with E-state index in [4.69, 9.17) is 5.41 Å². The van der Waals surface area contributed by atoms with Crippen molar-refractivity contribution in [3.8, 4) is 0 Å². The van der Waals surface area contributed by atoms with E-state index in [1.165, 1.54) is 7.11 Å². The molecule has 0 unspecified atom stereocenters. The first kappa shape index (κ1) is 6.88. The van der Waals surface area contributed by atoms with Crippen molar-refractivity contribution in [3.05, 3.63) is 12.2 Å². The summed E-state index contributed by atoms with van der Waals surface area (Å²) in [5.41, 5.74) is 0.0625. The van der Waals surface area contributed by atoms with Crippen molar-refractivity contribution in [2.75, 3.05) is 7.11 Å². The molecule has 0 atom stereocenters. The van der Waals surface area contributed by atoms with Crippen LogP contribution in [0.25, 0.3) is 0 Å². The number of methoxy groups -OCH3 is 1. The highest BCUT2D eigenvalue weighted by atomic mass is 16.5. The molecule has 3 nitrogen and oxygen atoms in total. The van der Waals surface area contributed by atoms with Crippen LogP contribution >= 0.6 is 0 Å². The molecular weight excluding hydrogens is 106 g/mol. The lowest BCUT2D eigenvalue weighted by molar-refractivity contribution is -0.135. The minimum Gasteiger partial charge on any atom is -0.465 e. The van der Waals surface area contributed by atoms with Crippen molar-refractivity contribution in [1.82, 2.24) is 0 Å². The van der Waals surface area contributed by atoms with Gasteiger partial charge in [-0.15, -0.1) is 0 Å². The number of esters is 1. The Balaban J connectivity index is 3.82. The SMILES string of the molecule is C=C(C=N)C(=O)OC. The summed E-state index contributed by atoms with van der Waals surface area (Å²) in [6.45, 7) is 3.23. The van der Waals surface area contributed by atoms with Gasteiger partial charge in [-0.05, 0) is 0 Å². The number of rotatable bonds is 2. The summed E-state index contributed by atoms with van der Waals surface area (Å²) in [7, 11) is 1.25. The predicted molar refractivity (Wildman–Crippen MR) is 29.9 cm³/mol. The van der Waals surface area contributed by atoms with Gasteiger partial charge >= 0.3 is 5.97 Å². The molecule has 0 rings (SSSR count). The average molecular weight is 113 g/mol. The zero-order valence-electron chi connectivity index (χ0n) is 4.60. The minimum absolute atomic E-state index is 0.0625. The van der Waals surface area contributed by atoms with Crippen molar-refractivity contribution >= 4 is 12.2 Å². The van der Waals surface area contributed by atoms with Gasteiger partial charge in [0.1, 0.15) is 0 Å². The molecule has 0 aliphatic heterocycles. The number of carbonyl (C=O) groups is 1. The van der Waals surface area contributed by atoms with Crippen LogP contribution in [-0.2, 0) is 9.53 Å². The van der Waals surface area contributed by atoms with E-state index < -0.39 is 5.97 Å². The maximum atomic E-state index is 10.3. The van der Waals surface area contributed by atoms with Crippen LogP contribution in [0.3, 0.4) is 0 Å². The van der Waals surface area contributed by atoms with Gasteiger partial charge in [0.2, 0.25) is 0 Å². The van der Waals surface area contributed by atoms with Crippen LogP contribution in [0.4, 0.5) is 0 Å². The summed E-state index contributed by atoms with van der Waals surface area (Å²) in [4.78, 5) is 10.3. The molecule has 0 spiro atoms. The average Bonchev–Trinajstić information content (AvgIpc) is 1.84. The molecule has 0 saturated heterocycles. The van der Waals surface area contributed by atoms with Gasteiger partial charge in [-0.25, -0.2) is 4.79 Å². The van der Waals surface area contributed by atoms with Gasteiger partial charge in [0.25, 0.3) is 0 Å². The molecule has 0 saturated carbocycles. The Kier molecular flexibility index (Phi) is 2.54. The van der Waals surface area contributed by atoms with Crippen LogP contribution in [0.15, 0.2) is 12.2 Å². The van der Waals surface area contributed by atoms with Gasteiger partial charge in [-0.3, -0.25) is 0 Å². The van der Waals surface area contributed by atoms with Crippen LogP contribution in [0.2, 0.25) is 0 Å². The summed E-state index contributed by atoms with van der Waals surface area (Å²) in [6.07, 6.45) is 0.853. The van der Waals surface area contributed by atoms with E-state index in [2.05, 4.69) is 11.3 Å². The second-order valence-corrected chi connectivity index (χ2v) is 1.16. The summed E-state index contributed by atoms with van der Waals surface area (Å²) in [6, 6.07) is 0. The molecule has 0 aliphatic rings. The first-order valence-corrected chi connectivity index (χ1v) is 2.00. The molecule has 1 N–H and O–H groups in total. The molecule has 0 bridgehead atoms. The number of nitrogens with one attached hydrogen (secondary N) is 1. The van der Waals surface area contributed by atoms with Crippen molar-refractivity contribution in [3.63, 3.8) is 0 Å². The zero-order valence-corrected chi connectivity index (χ0v) is 4.60. The fourth-order valence-corrected chi connectivity index (χ4v) is 0.190. The summed E-state index contributed by atoms with van der Waals surface area (Å²) >= 11 is 0. The van der Waals surface area contributed by atoms with Gasteiger partial charge in [0, 0.05) is 6.21 Å². The van der Waals surface area contributed by atoms with E-state index in [9.17, 15) is 4.79 Å². The Hall–Kier alpha value is -1.12. The van der Waals surface area contributed by atoms with E-state index in [1.807, 2.05) is 0 Å². The van der Waals surface area contributed by atoms with Crippen molar-refractivity contribution in [1.29, 1.82) is 5.41 Å². The first-order valence-electron chi connectivity index (χ1n) is 2.00. The van der Waals surface area contributed by atoms with E-state index in [1.54, 1.807) is 0 Å². The fraction of sp³-hybridized carbons (Fsp3) is 0.200. The summed E-state index contributed by atoms with van der Waals surface area (Å²) < 4.78 is 4.21. The highest BCUT2D eigenvalue weighted by Crippen LogP contribution is 1.85. The van der Waals surface area contributed by atoms with Gasteiger partial charge in [-0.1, -0.05) is 6.58 Å². The predicted octanol–water partition coefficient (Wildman–Crippen LogP) is 0.365. The van der Waals surface area contributed by atoms with Crippen LogP contribution in [0, 0.1) is 5.41 Å². The first-order chi connectivity index (χ1) is 3.72. The van der Waals surface area contributed by atoms with Crippen LogP contribution in [-0.4, -0.2) is 19.3 Å². The quantitative estimate of drug-likeness (QED) is 0.319. The van der Waals surface area contributed by atoms with Crippen molar-refractivity contribution < 1.29 is 9.53 Å². The molecule has 0 aliphatic carbocycles. The molecule has 0 aromatic heterocycles. The van der Waals surface area contributed by atoms with Gasteiger partial charge in [-0.2, -0.15) is 0 Å². The maximum absolute atomic E-state index is 10.3. The molecule has 0 amide bonds. The molecule has 8 heavy (non-hydrogen) atoms. The highest BCUT2D eigenvalue weighted by Gasteiger charge is 1.99. The Bertz CT molecular complexity index is 128. The van der Waals surface area contributed by atoms with Crippen LogP contribution < -0.4 is 0 Å². The lowest BCUT2D eigenvalue weighted by Crippen LogP contribution is -2.03. The maximum Gasteiger partial charge on any atom is 0.338 e. The molecule has 0 fully saturated rings. The monoisotopic (exact) mass is 113 g/mol. The largest absolute Gasteiger partial charge is 0.465 e.